The Balaban J connectivity index is 2.72. The lowest BCUT2D eigenvalue weighted by molar-refractivity contribution is -0.301. The van der Waals surface area contributed by atoms with Gasteiger partial charge in [0.1, 0.15) is 18.8 Å². The summed E-state index contributed by atoms with van der Waals surface area (Å²) in [4.78, 5) is 51.0. The van der Waals surface area contributed by atoms with Crippen LogP contribution in [0.25, 0.3) is 0 Å². The average molecular weight is 1020 g/mol. The van der Waals surface area contributed by atoms with Gasteiger partial charge in [0.15, 0.2) is 24.6 Å². The molecule has 1 aliphatic rings. The van der Waals surface area contributed by atoms with E-state index in [1.54, 1.807) is 0 Å². The molecule has 414 valence electrons. The van der Waals surface area contributed by atoms with Gasteiger partial charge >= 0.3 is 23.9 Å². The number of unbranched alkanes of at least 4 members (excludes halogenated alkanes) is 16. The van der Waals surface area contributed by atoms with Crippen LogP contribution >= 0.6 is 0 Å². The number of aliphatic hydroxyl groups is 2. The van der Waals surface area contributed by atoms with Gasteiger partial charge in [-0.1, -0.05) is 182 Å². The van der Waals surface area contributed by atoms with Crippen LogP contribution in [0.15, 0.2) is 97.2 Å². The molecule has 0 bridgehead atoms. The van der Waals surface area contributed by atoms with Gasteiger partial charge in [0.2, 0.25) is 0 Å². The van der Waals surface area contributed by atoms with E-state index in [0.717, 1.165) is 141 Å². The first-order valence-corrected chi connectivity index (χ1v) is 28.2. The van der Waals surface area contributed by atoms with Gasteiger partial charge in [0.05, 0.1) is 6.61 Å². The lowest BCUT2D eigenvalue weighted by Gasteiger charge is -2.40. The quantitative estimate of drug-likeness (QED) is 0.0228. The number of carboxylic acid groups (broad SMARTS) is 1. The Labute approximate surface area is 441 Å². The highest BCUT2D eigenvalue weighted by molar-refractivity contribution is 5.74. The summed E-state index contributed by atoms with van der Waals surface area (Å²) in [5, 5.41) is 31.4. The van der Waals surface area contributed by atoms with E-state index in [-0.39, 0.29) is 25.9 Å². The topological polar surface area (TPSA) is 175 Å². The summed E-state index contributed by atoms with van der Waals surface area (Å²) in [5.74, 6) is -3.21. The minimum Gasteiger partial charge on any atom is -0.479 e. The number of allylic oxidation sites excluding steroid dienone is 16. The summed E-state index contributed by atoms with van der Waals surface area (Å²) in [5.41, 5.74) is 0. The fraction of sp³-hybridized carbons (Fsp3) is 0.672. The number of ether oxygens (including phenoxy) is 5. The van der Waals surface area contributed by atoms with Gasteiger partial charge < -0.3 is 39.0 Å². The van der Waals surface area contributed by atoms with E-state index >= 15 is 0 Å². The third kappa shape index (κ3) is 38.8. The fourth-order valence-corrected chi connectivity index (χ4v) is 7.76. The molecule has 0 aromatic heterocycles. The molecule has 12 nitrogen and oxygen atoms in total. The van der Waals surface area contributed by atoms with Crippen molar-refractivity contribution in [3.05, 3.63) is 97.2 Å². The van der Waals surface area contributed by atoms with Crippen LogP contribution in [0.5, 0.6) is 0 Å². The van der Waals surface area contributed by atoms with Crippen molar-refractivity contribution in [1.29, 1.82) is 0 Å². The Morgan fingerprint density at radius 3 is 1.40 bits per heavy atom. The lowest BCUT2D eigenvalue weighted by atomic mass is 9.98. The number of aliphatic carboxylic acids is 1. The SMILES string of the molecule is CC/C=C\C/C=C\C/C=C\C/C=C\C/C=C\CCCCCC(=O)OCC(COC1OC(C(=O)O)C(O)C(O)C1OC(=O)CCCCCCC/C=C\C/C=C\CCC)OC(=O)CCCCCCC/C=C\CCCC. The summed E-state index contributed by atoms with van der Waals surface area (Å²) in [6.45, 7) is 5.71. The van der Waals surface area contributed by atoms with Crippen LogP contribution in [0, 0.1) is 0 Å². The summed E-state index contributed by atoms with van der Waals surface area (Å²) in [6, 6.07) is 0. The molecule has 0 radical (unpaired) electrons. The van der Waals surface area contributed by atoms with E-state index in [0.29, 0.717) is 19.3 Å². The minimum atomic E-state index is -1.92. The van der Waals surface area contributed by atoms with E-state index in [4.69, 9.17) is 23.7 Å². The second kappa shape index (κ2) is 48.6. The van der Waals surface area contributed by atoms with Gasteiger partial charge in [-0.3, -0.25) is 14.4 Å². The molecule has 0 amide bonds. The fourth-order valence-electron chi connectivity index (χ4n) is 7.76. The van der Waals surface area contributed by atoms with Crippen LogP contribution in [0.1, 0.15) is 213 Å². The van der Waals surface area contributed by atoms with Crippen molar-refractivity contribution in [2.24, 2.45) is 0 Å². The molecule has 0 aromatic carbocycles. The molecular weight excluding hydrogens is 925 g/mol. The van der Waals surface area contributed by atoms with Gasteiger partial charge in [0.25, 0.3) is 0 Å². The Kier molecular flexibility index (Phi) is 44.4. The highest BCUT2D eigenvalue weighted by Crippen LogP contribution is 2.26. The first-order valence-electron chi connectivity index (χ1n) is 28.2. The number of carboxylic acids is 1. The third-order valence-electron chi connectivity index (χ3n) is 12.1. The van der Waals surface area contributed by atoms with Gasteiger partial charge in [-0.2, -0.15) is 0 Å². The summed E-state index contributed by atoms with van der Waals surface area (Å²) >= 11 is 0. The standard InChI is InChI=1S/C61H98O12/c1-4-7-10-13-16-19-22-24-25-26-27-28-29-31-33-35-38-41-44-47-53(62)69-50-52(71-54(63)48-45-42-39-36-32-21-18-15-12-9-6-3)51-70-61-59(57(66)56(65)58(73-61)60(67)68)72-55(64)49-46-43-40-37-34-30-23-20-17-14-11-8-5-2/h7,10-11,14-16,18-20,23-25,27-28,31,33,52,56-59,61,65-66H,4-6,8-9,12-13,17,21-22,26,29-30,32,34-51H2,1-3H3,(H,67,68)/b10-7-,14-11-,18-15-,19-16-,23-20-,25-24-,28-27-,33-31-. The zero-order valence-electron chi connectivity index (χ0n) is 45.3. The van der Waals surface area contributed by atoms with Crippen LogP contribution < -0.4 is 0 Å². The zero-order chi connectivity index (χ0) is 53.3. The molecule has 1 fully saturated rings. The number of hydrogen-bond acceptors (Lipinski definition) is 11. The van der Waals surface area contributed by atoms with Gasteiger partial charge in [-0.25, -0.2) is 4.79 Å². The third-order valence-corrected chi connectivity index (χ3v) is 12.1. The van der Waals surface area contributed by atoms with Crippen molar-refractivity contribution in [3.8, 4) is 0 Å². The normalized spacial score (nSPS) is 19.1. The molecule has 1 aliphatic heterocycles. The Morgan fingerprint density at radius 2 is 0.890 bits per heavy atom. The van der Waals surface area contributed by atoms with Gasteiger partial charge in [-0.15, -0.1) is 0 Å². The molecule has 1 heterocycles. The van der Waals surface area contributed by atoms with E-state index in [1.807, 2.05) is 0 Å². The van der Waals surface area contributed by atoms with Crippen molar-refractivity contribution in [2.75, 3.05) is 13.2 Å². The summed E-state index contributed by atoms with van der Waals surface area (Å²) in [6.07, 6.45) is 51.0. The van der Waals surface area contributed by atoms with Crippen LogP contribution in [-0.2, 0) is 42.9 Å². The van der Waals surface area contributed by atoms with Crippen molar-refractivity contribution in [1.82, 2.24) is 0 Å². The number of rotatable bonds is 46. The molecule has 1 rings (SSSR count). The molecule has 0 aromatic rings. The second-order valence-corrected chi connectivity index (χ2v) is 18.8. The number of hydrogen-bond donors (Lipinski definition) is 3. The minimum absolute atomic E-state index is 0.0358. The molecular formula is C61H98O12. The Morgan fingerprint density at radius 1 is 0.466 bits per heavy atom. The van der Waals surface area contributed by atoms with E-state index < -0.39 is 67.3 Å². The van der Waals surface area contributed by atoms with Crippen molar-refractivity contribution in [2.45, 2.75) is 250 Å². The first kappa shape index (κ1) is 66.7. The molecule has 0 spiro atoms. The zero-order valence-corrected chi connectivity index (χ0v) is 45.3. The molecule has 6 atom stereocenters. The average Bonchev–Trinajstić information content (AvgIpc) is 3.37. The predicted molar refractivity (Wildman–Crippen MR) is 294 cm³/mol. The smallest absolute Gasteiger partial charge is 0.335 e. The largest absolute Gasteiger partial charge is 0.479 e. The van der Waals surface area contributed by atoms with Crippen LogP contribution in [0.4, 0.5) is 0 Å². The maximum Gasteiger partial charge on any atom is 0.335 e. The van der Waals surface area contributed by atoms with Crippen molar-refractivity contribution < 1.29 is 58.2 Å². The molecule has 1 saturated heterocycles. The van der Waals surface area contributed by atoms with Crippen LogP contribution in [-0.4, -0.2) is 89.2 Å². The lowest BCUT2D eigenvalue weighted by Crippen LogP contribution is -2.61. The summed E-state index contributed by atoms with van der Waals surface area (Å²) < 4.78 is 28.3. The number of esters is 3. The molecule has 73 heavy (non-hydrogen) atoms. The second-order valence-electron chi connectivity index (χ2n) is 18.8. The van der Waals surface area contributed by atoms with Crippen molar-refractivity contribution >= 4 is 23.9 Å². The molecule has 0 aliphatic carbocycles. The van der Waals surface area contributed by atoms with E-state index in [2.05, 4.69) is 118 Å². The van der Waals surface area contributed by atoms with Crippen molar-refractivity contribution in [3.63, 3.8) is 0 Å². The summed E-state index contributed by atoms with van der Waals surface area (Å²) in [7, 11) is 0. The molecule has 3 N–H and O–H groups in total. The van der Waals surface area contributed by atoms with E-state index in [9.17, 15) is 34.5 Å². The van der Waals surface area contributed by atoms with Gasteiger partial charge in [-0.05, 0) is 109 Å². The Hall–Kier alpha value is -4.36. The number of aliphatic hydroxyl groups excluding tert-OH is 2. The first-order chi connectivity index (χ1) is 35.6. The molecule has 12 heteroatoms. The highest BCUT2D eigenvalue weighted by Gasteiger charge is 2.50. The number of carbonyl (C=O) groups is 4. The number of carbonyl (C=O) groups excluding carboxylic acids is 3. The Bertz CT molecular complexity index is 1640. The monoisotopic (exact) mass is 1020 g/mol. The predicted octanol–water partition coefficient (Wildman–Crippen LogP) is 14.1. The molecule has 6 unspecified atom stereocenters. The van der Waals surface area contributed by atoms with E-state index in [1.165, 1.54) is 12.8 Å². The maximum atomic E-state index is 13.1. The molecule has 0 saturated carbocycles. The maximum absolute atomic E-state index is 13.1. The van der Waals surface area contributed by atoms with Gasteiger partial charge in [0, 0.05) is 19.3 Å². The van der Waals surface area contributed by atoms with Crippen LogP contribution in [0.2, 0.25) is 0 Å². The van der Waals surface area contributed by atoms with Crippen LogP contribution in [0.3, 0.4) is 0 Å². The highest BCUT2D eigenvalue weighted by atomic mass is 16.7.